The van der Waals surface area contributed by atoms with E-state index in [1.165, 1.54) is 18.2 Å². The molecule has 0 radical (unpaired) electrons. The molecule has 5 heteroatoms. The molecular weight excluding hydrogens is 245 g/mol. The van der Waals surface area contributed by atoms with Crippen LogP contribution in [0, 0.1) is 5.82 Å². The number of hydrogen-bond donors (Lipinski definition) is 1. The minimum atomic E-state index is -0.522. The Hall–Kier alpha value is -1.29. The van der Waals surface area contributed by atoms with Gasteiger partial charge in [0.15, 0.2) is 0 Å². The molecule has 0 aromatic heterocycles. The summed E-state index contributed by atoms with van der Waals surface area (Å²) in [6.45, 7) is 5.35. The summed E-state index contributed by atoms with van der Waals surface area (Å²) in [5.41, 5.74) is -0.0235. The maximum Gasteiger partial charge on any atom is 0.325 e. The third-order valence-corrected chi connectivity index (χ3v) is 2.09. The van der Waals surface area contributed by atoms with Gasteiger partial charge in [0.1, 0.15) is 18.0 Å². The fraction of sp³-hybridized carbons (Fsp3) is 0.417. The molecule has 17 heavy (non-hydrogen) atoms. The van der Waals surface area contributed by atoms with E-state index in [4.69, 9.17) is 16.3 Å². The molecule has 0 amide bonds. The quantitative estimate of drug-likeness (QED) is 0.847. The SMILES string of the molecule is CC(C)(C)OC(=O)CNc1ccc(F)cc1Cl. The average Bonchev–Trinajstić information content (AvgIpc) is 2.13. The first-order valence-corrected chi connectivity index (χ1v) is 5.56. The van der Waals surface area contributed by atoms with Gasteiger partial charge in [-0.2, -0.15) is 0 Å². The van der Waals surface area contributed by atoms with Gasteiger partial charge in [-0.1, -0.05) is 11.6 Å². The van der Waals surface area contributed by atoms with E-state index >= 15 is 0 Å². The first-order chi connectivity index (χ1) is 7.78. The van der Waals surface area contributed by atoms with Crippen LogP contribution in [0.15, 0.2) is 18.2 Å². The molecule has 0 unspecified atom stereocenters. The summed E-state index contributed by atoms with van der Waals surface area (Å²) in [5, 5.41) is 3.02. The minimum Gasteiger partial charge on any atom is -0.459 e. The molecule has 0 heterocycles. The minimum absolute atomic E-state index is 0.0113. The Labute approximate surface area is 105 Å². The highest BCUT2D eigenvalue weighted by atomic mass is 35.5. The van der Waals surface area contributed by atoms with Crippen LogP contribution in [-0.2, 0) is 9.53 Å². The van der Waals surface area contributed by atoms with Crippen molar-refractivity contribution in [1.29, 1.82) is 0 Å². The van der Waals surface area contributed by atoms with Gasteiger partial charge in [0, 0.05) is 0 Å². The lowest BCUT2D eigenvalue weighted by Crippen LogP contribution is -2.28. The van der Waals surface area contributed by atoms with Crippen LogP contribution in [0.2, 0.25) is 5.02 Å². The van der Waals surface area contributed by atoms with Gasteiger partial charge >= 0.3 is 5.97 Å². The zero-order valence-electron chi connectivity index (χ0n) is 10.0. The van der Waals surface area contributed by atoms with Gasteiger partial charge in [0.25, 0.3) is 0 Å². The highest BCUT2D eigenvalue weighted by Gasteiger charge is 2.16. The van der Waals surface area contributed by atoms with Crippen LogP contribution in [0.4, 0.5) is 10.1 Å². The molecule has 0 spiro atoms. The molecule has 0 aliphatic carbocycles. The van der Waals surface area contributed by atoms with Crippen LogP contribution in [0.25, 0.3) is 0 Å². The molecule has 94 valence electrons. The lowest BCUT2D eigenvalue weighted by molar-refractivity contribution is -0.152. The number of ether oxygens (including phenoxy) is 1. The van der Waals surface area contributed by atoms with Crippen molar-refractivity contribution in [2.24, 2.45) is 0 Å². The van der Waals surface area contributed by atoms with Crippen LogP contribution in [0.3, 0.4) is 0 Å². The normalized spacial score (nSPS) is 11.1. The highest BCUT2D eigenvalue weighted by Crippen LogP contribution is 2.22. The molecule has 0 atom stereocenters. The number of carbonyl (C=O) groups is 1. The number of benzene rings is 1. The van der Waals surface area contributed by atoms with Gasteiger partial charge in [0.05, 0.1) is 10.7 Å². The smallest absolute Gasteiger partial charge is 0.325 e. The lowest BCUT2D eigenvalue weighted by Gasteiger charge is -2.19. The Bertz CT molecular complexity index is 415. The molecule has 0 fully saturated rings. The van der Waals surface area contributed by atoms with E-state index in [-0.39, 0.29) is 11.6 Å². The monoisotopic (exact) mass is 259 g/mol. The third kappa shape index (κ3) is 5.04. The molecule has 3 nitrogen and oxygen atoms in total. The van der Waals surface area contributed by atoms with Crippen molar-refractivity contribution in [1.82, 2.24) is 0 Å². The fourth-order valence-electron chi connectivity index (χ4n) is 1.18. The molecule has 0 aliphatic heterocycles. The van der Waals surface area contributed by atoms with Crippen LogP contribution in [0.1, 0.15) is 20.8 Å². The maximum absolute atomic E-state index is 12.8. The van der Waals surface area contributed by atoms with Crippen molar-refractivity contribution in [3.8, 4) is 0 Å². The van der Waals surface area contributed by atoms with Crippen molar-refractivity contribution < 1.29 is 13.9 Å². The second-order valence-corrected chi connectivity index (χ2v) is 4.97. The molecular formula is C12H15ClFNO2. The third-order valence-electron chi connectivity index (χ3n) is 1.77. The second-order valence-electron chi connectivity index (χ2n) is 4.56. The zero-order chi connectivity index (χ0) is 13.1. The first-order valence-electron chi connectivity index (χ1n) is 5.19. The summed E-state index contributed by atoms with van der Waals surface area (Å²) in [4.78, 5) is 11.4. The van der Waals surface area contributed by atoms with Gasteiger partial charge in [-0.3, -0.25) is 4.79 Å². The maximum atomic E-state index is 12.8. The summed E-state index contributed by atoms with van der Waals surface area (Å²) in [5.74, 6) is -0.810. The van der Waals surface area contributed by atoms with Crippen molar-refractivity contribution in [3.05, 3.63) is 29.0 Å². The second kappa shape index (κ2) is 5.36. The number of hydrogen-bond acceptors (Lipinski definition) is 3. The Morgan fingerprint density at radius 2 is 2.12 bits per heavy atom. The topological polar surface area (TPSA) is 38.3 Å². The summed E-state index contributed by atoms with van der Waals surface area (Å²) in [6.07, 6.45) is 0. The Morgan fingerprint density at radius 3 is 2.65 bits per heavy atom. The fourth-order valence-corrected chi connectivity index (χ4v) is 1.41. The standard InChI is InChI=1S/C12H15ClFNO2/c1-12(2,3)17-11(16)7-15-10-5-4-8(14)6-9(10)13/h4-6,15H,7H2,1-3H3. The summed E-state index contributed by atoms with van der Waals surface area (Å²) in [7, 11) is 0. The van der Waals surface area contributed by atoms with E-state index < -0.39 is 17.4 Å². The Morgan fingerprint density at radius 1 is 1.47 bits per heavy atom. The van der Waals surface area contributed by atoms with Gasteiger partial charge in [-0.25, -0.2) is 4.39 Å². The number of halogens is 2. The molecule has 0 saturated carbocycles. The Balaban J connectivity index is 2.53. The van der Waals surface area contributed by atoms with E-state index in [2.05, 4.69) is 5.32 Å². The predicted molar refractivity (Wildman–Crippen MR) is 65.7 cm³/mol. The van der Waals surface area contributed by atoms with Gasteiger partial charge < -0.3 is 10.1 Å². The molecule has 1 N–H and O–H groups in total. The highest BCUT2D eigenvalue weighted by molar-refractivity contribution is 6.33. The molecule has 1 rings (SSSR count). The van der Waals surface area contributed by atoms with Crippen LogP contribution >= 0.6 is 11.6 Å². The van der Waals surface area contributed by atoms with Gasteiger partial charge in [-0.05, 0) is 39.0 Å². The van der Waals surface area contributed by atoms with E-state index in [9.17, 15) is 9.18 Å². The summed E-state index contributed by atoms with van der Waals surface area (Å²) >= 11 is 5.79. The molecule has 0 aliphatic rings. The molecule has 1 aromatic rings. The van der Waals surface area contributed by atoms with E-state index in [0.717, 1.165) is 0 Å². The number of anilines is 1. The molecule has 0 saturated heterocycles. The van der Waals surface area contributed by atoms with E-state index in [1.807, 2.05) is 0 Å². The Kier molecular flexibility index (Phi) is 4.34. The lowest BCUT2D eigenvalue weighted by atomic mass is 10.2. The van der Waals surface area contributed by atoms with Gasteiger partial charge in [0.2, 0.25) is 0 Å². The number of rotatable bonds is 3. The molecule has 0 bridgehead atoms. The number of carbonyl (C=O) groups excluding carboxylic acids is 1. The summed E-state index contributed by atoms with van der Waals surface area (Å²) in [6, 6.07) is 3.92. The van der Waals surface area contributed by atoms with E-state index in [1.54, 1.807) is 20.8 Å². The number of esters is 1. The van der Waals surface area contributed by atoms with Crippen molar-refractivity contribution in [3.63, 3.8) is 0 Å². The first kappa shape index (κ1) is 13.8. The van der Waals surface area contributed by atoms with Crippen molar-refractivity contribution >= 4 is 23.3 Å². The predicted octanol–water partition coefficient (Wildman–Crippen LogP) is 3.23. The van der Waals surface area contributed by atoms with Crippen molar-refractivity contribution in [2.75, 3.05) is 11.9 Å². The average molecular weight is 260 g/mol. The van der Waals surface area contributed by atoms with E-state index in [0.29, 0.717) is 5.69 Å². The van der Waals surface area contributed by atoms with Crippen LogP contribution < -0.4 is 5.32 Å². The molecule has 1 aromatic carbocycles. The zero-order valence-corrected chi connectivity index (χ0v) is 10.8. The number of nitrogens with one attached hydrogen (secondary N) is 1. The van der Waals surface area contributed by atoms with Crippen molar-refractivity contribution in [2.45, 2.75) is 26.4 Å². The largest absolute Gasteiger partial charge is 0.459 e. The van der Waals surface area contributed by atoms with Crippen LogP contribution in [-0.4, -0.2) is 18.1 Å². The van der Waals surface area contributed by atoms with Crippen LogP contribution in [0.5, 0.6) is 0 Å². The summed E-state index contributed by atoms with van der Waals surface area (Å²) < 4.78 is 17.9. The van der Waals surface area contributed by atoms with Gasteiger partial charge in [-0.15, -0.1) is 0 Å².